The molecule has 0 aliphatic heterocycles. The summed E-state index contributed by atoms with van der Waals surface area (Å²) < 4.78 is 5.41. The van der Waals surface area contributed by atoms with Crippen molar-refractivity contribution in [2.45, 2.75) is 90.0 Å². The minimum absolute atomic E-state index is 0.00366. The predicted octanol–water partition coefficient (Wildman–Crippen LogP) is 5.14. The van der Waals surface area contributed by atoms with E-state index in [0.29, 0.717) is 6.61 Å². The van der Waals surface area contributed by atoms with Crippen molar-refractivity contribution in [1.82, 2.24) is 0 Å². The standard InChI is InChI=1S/C21H41NO2/c1-2-3-4-5-6-7-8-9-10-11-12-13-14-15-16-17-18-24-20-21(22)19-23/h6-7,9-10,21,23H,2-5,8,11-20,22H2,1H3/b7-6-,10-9-. The maximum absolute atomic E-state index is 8.77. The third kappa shape index (κ3) is 19.4. The van der Waals surface area contributed by atoms with E-state index in [9.17, 15) is 0 Å². The van der Waals surface area contributed by atoms with Crippen LogP contribution in [0.5, 0.6) is 0 Å². The van der Waals surface area contributed by atoms with Gasteiger partial charge < -0.3 is 15.6 Å². The minimum Gasteiger partial charge on any atom is -0.395 e. The van der Waals surface area contributed by atoms with E-state index in [-0.39, 0.29) is 12.6 Å². The lowest BCUT2D eigenvalue weighted by molar-refractivity contribution is 0.0980. The van der Waals surface area contributed by atoms with Gasteiger partial charge in [0.1, 0.15) is 0 Å². The van der Waals surface area contributed by atoms with E-state index >= 15 is 0 Å². The van der Waals surface area contributed by atoms with Gasteiger partial charge in [-0.05, 0) is 38.5 Å². The predicted molar refractivity (Wildman–Crippen MR) is 105 cm³/mol. The molecule has 3 heteroatoms. The van der Waals surface area contributed by atoms with Gasteiger partial charge in [-0.25, -0.2) is 0 Å². The van der Waals surface area contributed by atoms with Gasteiger partial charge in [-0.1, -0.05) is 69.8 Å². The van der Waals surface area contributed by atoms with Crippen LogP contribution in [0.1, 0.15) is 84.0 Å². The van der Waals surface area contributed by atoms with Gasteiger partial charge in [0.15, 0.2) is 0 Å². The Balaban J connectivity index is 3.15. The molecule has 0 amide bonds. The van der Waals surface area contributed by atoms with Gasteiger partial charge in [0, 0.05) is 6.61 Å². The highest BCUT2D eigenvalue weighted by atomic mass is 16.5. The molecule has 0 heterocycles. The average molecular weight is 340 g/mol. The number of nitrogens with two attached hydrogens (primary N) is 1. The maximum atomic E-state index is 8.77. The van der Waals surface area contributed by atoms with Crippen molar-refractivity contribution >= 4 is 0 Å². The Kier molecular flexibility index (Phi) is 19.9. The van der Waals surface area contributed by atoms with Crippen LogP contribution >= 0.6 is 0 Å². The molecule has 1 atom stereocenters. The lowest BCUT2D eigenvalue weighted by Gasteiger charge is -2.08. The van der Waals surface area contributed by atoms with Crippen LogP contribution in [0.4, 0.5) is 0 Å². The molecule has 0 fully saturated rings. The molecule has 0 saturated carbocycles. The summed E-state index contributed by atoms with van der Waals surface area (Å²) in [7, 11) is 0. The fourth-order valence-electron chi connectivity index (χ4n) is 2.48. The Labute approximate surface area is 150 Å². The molecule has 0 saturated heterocycles. The first kappa shape index (κ1) is 23.4. The number of rotatable bonds is 18. The molecule has 0 aliphatic rings. The molecule has 0 rings (SSSR count). The van der Waals surface area contributed by atoms with Gasteiger partial charge in [-0.15, -0.1) is 0 Å². The summed E-state index contributed by atoms with van der Waals surface area (Å²) >= 11 is 0. The van der Waals surface area contributed by atoms with Crippen molar-refractivity contribution in [1.29, 1.82) is 0 Å². The van der Waals surface area contributed by atoms with Gasteiger partial charge in [0.25, 0.3) is 0 Å². The van der Waals surface area contributed by atoms with E-state index in [1.54, 1.807) is 0 Å². The first-order chi connectivity index (χ1) is 11.8. The van der Waals surface area contributed by atoms with Crippen LogP contribution in [0.15, 0.2) is 24.3 Å². The highest BCUT2D eigenvalue weighted by molar-refractivity contribution is 4.92. The first-order valence-electron chi connectivity index (χ1n) is 10.1. The largest absolute Gasteiger partial charge is 0.395 e. The normalized spacial score (nSPS) is 13.3. The van der Waals surface area contributed by atoms with E-state index in [1.165, 1.54) is 64.2 Å². The molecule has 0 aromatic carbocycles. The van der Waals surface area contributed by atoms with Crippen LogP contribution in [0.25, 0.3) is 0 Å². The second-order valence-electron chi connectivity index (χ2n) is 6.60. The lowest BCUT2D eigenvalue weighted by Crippen LogP contribution is -2.30. The third-order valence-corrected chi connectivity index (χ3v) is 4.06. The minimum atomic E-state index is -0.227. The molecule has 1 unspecified atom stereocenters. The van der Waals surface area contributed by atoms with Gasteiger partial charge in [0.05, 0.1) is 19.3 Å². The summed E-state index contributed by atoms with van der Waals surface area (Å²) in [5.74, 6) is 0. The molecule has 3 nitrogen and oxygen atoms in total. The summed E-state index contributed by atoms with van der Waals surface area (Å²) in [5, 5.41) is 8.77. The zero-order valence-electron chi connectivity index (χ0n) is 15.9. The number of aliphatic hydroxyl groups is 1. The SMILES string of the molecule is CCCCC/C=C\C/C=C\CCCCCCCCOCC(N)CO. The molecular formula is C21H41NO2. The first-order valence-corrected chi connectivity index (χ1v) is 10.1. The fourth-order valence-corrected chi connectivity index (χ4v) is 2.48. The van der Waals surface area contributed by atoms with Gasteiger partial charge in [-0.3, -0.25) is 0 Å². The molecule has 0 radical (unpaired) electrons. The zero-order chi connectivity index (χ0) is 17.7. The van der Waals surface area contributed by atoms with Crippen LogP contribution in [0.3, 0.4) is 0 Å². The van der Waals surface area contributed by atoms with Gasteiger partial charge >= 0.3 is 0 Å². The fraction of sp³-hybridized carbons (Fsp3) is 0.810. The summed E-state index contributed by atoms with van der Waals surface area (Å²) in [6, 6.07) is -0.227. The average Bonchev–Trinajstić information content (AvgIpc) is 2.60. The van der Waals surface area contributed by atoms with Crippen molar-refractivity contribution in [2.24, 2.45) is 5.73 Å². The summed E-state index contributed by atoms with van der Waals surface area (Å²) in [5.41, 5.74) is 5.56. The molecule has 3 N–H and O–H groups in total. The maximum Gasteiger partial charge on any atom is 0.0639 e. The molecular weight excluding hydrogens is 298 g/mol. The molecule has 0 bridgehead atoms. The molecule has 0 aromatic rings. The van der Waals surface area contributed by atoms with Crippen LogP contribution < -0.4 is 5.73 Å². The van der Waals surface area contributed by atoms with E-state index < -0.39 is 0 Å². The topological polar surface area (TPSA) is 55.5 Å². The third-order valence-electron chi connectivity index (χ3n) is 4.06. The number of aliphatic hydroxyl groups excluding tert-OH is 1. The number of hydrogen-bond donors (Lipinski definition) is 2. The lowest BCUT2D eigenvalue weighted by atomic mass is 10.1. The summed E-state index contributed by atoms with van der Waals surface area (Å²) in [4.78, 5) is 0. The van der Waals surface area contributed by atoms with E-state index in [2.05, 4.69) is 31.2 Å². The monoisotopic (exact) mass is 339 g/mol. The molecule has 24 heavy (non-hydrogen) atoms. The van der Waals surface area contributed by atoms with Crippen LogP contribution in [-0.2, 0) is 4.74 Å². The van der Waals surface area contributed by atoms with Crippen LogP contribution in [0.2, 0.25) is 0 Å². The van der Waals surface area contributed by atoms with Crippen molar-refractivity contribution in [3.8, 4) is 0 Å². The summed E-state index contributed by atoms with van der Waals surface area (Å²) in [6.45, 7) is 3.49. The van der Waals surface area contributed by atoms with Gasteiger partial charge in [-0.2, -0.15) is 0 Å². The quantitative estimate of drug-likeness (QED) is 0.269. The second-order valence-corrected chi connectivity index (χ2v) is 6.60. The second kappa shape index (κ2) is 20.4. The Morgan fingerprint density at radius 2 is 1.42 bits per heavy atom. The number of unbranched alkanes of at least 4 members (excludes halogenated alkanes) is 9. The van der Waals surface area contributed by atoms with Crippen LogP contribution in [0, 0.1) is 0 Å². The summed E-state index contributed by atoms with van der Waals surface area (Å²) in [6.07, 6.45) is 24.3. The van der Waals surface area contributed by atoms with Gasteiger partial charge in [0.2, 0.25) is 0 Å². The number of hydrogen-bond acceptors (Lipinski definition) is 3. The number of allylic oxidation sites excluding steroid dienone is 4. The smallest absolute Gasteiger partial charge is 0.0639 e. The van der Waals surface area contributed by atoms with E-state index in [4.69, 9.17) is 15.6 Å². The number of ether oxygens (including phenoxy) is 1. The van der Waals surface area contributed by atoms with E-state index in [1.807, 2.05) is 0 Å². The molecule has 142 valence electrons. The highest BCUT2D eigenvalue weighted by Gasteiger charge is 1.99. The Bertz CT molecular complexity index is 290. The van der Waals surface area contributed by atoms with E-state index in [0.717, 1.165) is 19.4 Å². The zero-order valence-corrected chi connectivity index (χ0v) is 15.9. The Hall–Kier alpha value is -0.640. The highest BCUT2D eigenvalue weighted by Crippen LogP contribution is 2.08. The molecule has 0 aromatic heterocycles. The van der Waals surface area contributed by atoms with Crippen molar-refractivity contribution < 1.29 is 9.84 Å². The Morgan fingerprint density at radius 1 is 0.833 bits per heavy atom. The van der Waals surface area contributed by atoms with Crippen molar-refractivity contribution in [3.63, 3.8) is 0 Å². The van der Waals surface area contributed by atoms with Crippen LogP contribution in [-0.4, -0.2) is 31.0 Å². The van der Waals surface area contributed by atoms with Crippen molar-refractivity contribution in [3.05, 3.63) is 24.3 Å². The van der Waals surface area contributed by atoms with Crippen molar-refractivity contribution in [2.75, 3.05) is 19.8 Å². The molecule has 0 aliphatic carbocycles. The molecule has 0 spiro atoms. The Morgan fingerprint density at radius 3 is 2.04 bits per heavy atom.